The third kappa shape index (κ3) is 4.43. The molecule has 0 saturated carbocycles. The molecule has 4 rings (SSSR count). The van der Waals surface area contributed by atoms with Crippen LogP contribution in [0, 0.1) is 18.6 Å². The first-order valence-electron chi connectivity index (χ1n) is 10.5. The number of amides is 2. The first kappa shape index (κ1) is 23.6. The summed E-state index contributed by atoms with van der Waals surface area (Å²) in [6.45, 7) is 3.58. The number of hydrogen-bond acceptors (Lipinski definition) is 6. The Balaban J connectivity index is 1.63. The van der Waals surface area contributed by atoms with Crippen molar-refractivity contribution in [3.05, 3.63) is 63.5 Å². The van der Waals surface area contributed by atoms with Gasteiger partial charge in [-0.05, 0) is 45.2 Å². The Hall–Kier alpha value is -3.60. The molecule has 3 heterocycles. The van der Waals surface area contributed by atoms with Crippen molar-refractivity contribution in [2.75, 3.05) is 5.32 Å². The van der Waals surface area contributed by atoms with Crippen molar-refractivity contribution in [1.29, 1.82) is 0 Å². The number of hydrogen-bond donors (Lipinski definition) is 2. The number of halogens is 3. The minimum absolute atomic E-state index is 0.0165. The van der Waals surface area contributed by atoms with Crippen molar-refractivity contribution in [2.45, 2.75) is 45.7 Å². The Morgan fingerprint density at radius 3 is 2.65 bits per heavy atom. The highest BCUT2D eigenvalue weighted by molar-refractivity contribution is 6.48. The number of benzene rings is 1. The van der Waals surface area contributed by atoms with Crippen LogP contribution in [0.2, 0.25) is 5.02 Å². The Morgan fingerprint density at radius 2 is 1.97 bits per heavy atom. The molecule has 0 spiro atoms. The quantitative estimate of drug-likeness (QED) is 0.400. The first-order chi connectivity index (χ1) is 16.2. The fourth-order valence-electron chi connectivity index (χ4n) is 3.84. The number of nitrogens with one attached hydrogen (secondary N) is 2. The van der Waals surface area contributed by atoms with Crippen LogP contribution in [0.5, 0.6) is 0 Å². The highest BCUT2D eigenvalue weighted by atomic mass is 35.5. The lowest BCUT2D eigenvalue weighted by molar-refractivity contribution is -0.117. The maximum Gasteiger partial charge on any atom is 0.294 e. The van der Waals surface area contributed by atoms with Crippen LogP contribution in [0.25, 0.3) is 0 Å². The van der Waals surface area contributed by atoms with Crippen molar-refractivity contribution in [3.63, 3.8) is 0 Å². The van der Waals surface area contributed by atoms with E-state index in [0.29, 0.717) is 24.5 Å². The summed E-state index contributed by atoms with van der Waals surface area (Å²) < 4.78 is 33.3. The van der Waals surface area contributed by atoms with Gasteiger partial charge in [0, 0.05) is 24.0 Å². The number of Topliss-reactive ketones (excluding diaryl/α,β-unsaturated/α-hetero) is 1. The maximum absolute atomic E-state index is 13.6. The van der Waals surface area contributed by atoms with Crippen LogP contribution < -0.4 is 10.6 Å². The van der Waals surface area contributed by atoms with Gasteiger partial charge < -0.3 is 19.7 Å². The zero-order chi connectivity index (χ0) is 24.6. The van der Waals surface area contributed by atoms with Crippen LogP contribution in [0.15, 0.2) is 22.7 Å². The fourth-order valence-corrected chi connectivity index (χ4v) is 4.23. The monoisotopic (exact) mass is 491 g/mol. The van der Waals surface area contributed by atoms with Crippen molar-refractivity contribution >= 4 is 34.9 Å². The van der Waals surface area contributed by atoms with Crippen LogP contribution in [-0.4, -0.2) is 32.3 Å². The van der Waals surface area contributed by atoms with Gasteiger partial charge in [0.15, 0.2) is 17.5 Å². The Morgan fingerprint density at radius 1 is 1.21 bits per heavy atom. The molecule has 0 fully saturated rings. The van der Waals surface area contributed by atoms with Crippen LogP contribution in [0.4, 0.5) is 14.5 Å². The van der Waals surface area contributed by atoms with Crippen molar-refractivity contribution in [2.24, 2.45) is 0 Å². The molecule has 178 valence electrons. The topological polar surface area (TPSA) is 119 Å². The Labute approximate surface area is 197 Å². The van der Waals surface area contributed by atoms with E-state index in [4.69, 9.17) is 16.1 Å². The predicted molar refractivity (Wildman–Crippen MR) is 117 cm³/mol. The molecule has 9 nitrogen and oxygen atoms in total. The molecule has 34 heavy (non-hydrogen) atoms. The van der Waals surface area contributed by atoms with E-state index in [1.165, 1.54) is 6.07 Å². The van der Waals surface area contributed by atoms with Gasteiger partial charge in [-0.15, -0.1) is 0 Å². The number of carbonyl (C=O) groups is 3. The molecular formula is C22H20ClF2N5O4. The largest absolute Gasteiger partial charge is 0.340 e. The van der Waals surface area contributed by atoms with E-state index in [2.05, 4.69) is 20.8 Å². The van der Waals surface area contributed by atoms with Crippen LogP contribution in [0.3, 0.4) is 0 Å². The molecule has 3 aromatic rings. The van der Waals surface area contributed by atoms with Crippen LogP contribution in [-0.2, 0) is 17.8 Å². The summed E-state index contributed by atoms with van der Waals surface area (Å²) in [6, 6.07) is 2.19. The van der Waals surface area contributed by atoms with E-state index in [1.807, 2.05) is 0 Å². The summed E-state index contributed by atoms with van der Waals surface area (Å²) in [5, 5.41) is 8.44. The minimum atomic E-state index is -1.12. The number of nitrogens with zero attached hydrogens (tertiary/aromatic N) is 3. The zero-order valence-corrected chi connectivity index (χ0v) is 19.0. The van der Waals surface area contributed by atoms with E-state index >= 15 is 0 Å². The molecule has 1 atom stereocenters. The molecule has 2 aromatic heterocycles. The van der Waals surface area contributed by atoms with Crippen LogP contribution in [0.1, 0.15) is 64.1 Å². The summed E-state index contributed by atoms with van der Waals surface area (Å²) in [5.41, 5.74) is 0.416. The number of ketones is 1. The van der Waals surface area contributed by atoms with Crippen molar-refractivity contribution < 1.29 is 27.7 Å². The van der Waals surface area contributed by atoms with Crippen LogP contribution >= 0.6 is 11.6 Å². The third-order valence-electron chi connectivity index (χ3n) is 5.44. The summed E-state index contributed by atoms with van der Waals surface area (Å²) in [4.78, 5) is 42.8. The summed E-state index contributed by atoms with van der Waals surface area (Å²) in [7, 11) is 0. The second kappa shape index (κ2) is 9.34. The van der Waals surface area contributed by atoms with E-state index < -0.39 is 35.3 Å². The Kier molecular flexibility index (Phi) is 6.47. The van der Waals surface area contributed by atoms with E-state index in [1.54, 1.807) is 18.4 Å². The van der Waals surface area contributed by atoms with Crippen molar-refractivity contribution in [3.8, 4) is 0 Å². The molecule has 0 bridgehead atoms. The average molecular weight is 492 g/mol. The molecule has 0 aliphatic carbocycles. The molecule has 1 aromatic carbocycles. The molecule has 1 aliphatic rings. The van der Waals surface area contributed by atoms with E-state index in [0.717, 1.165) is 25.0 Å². The number of aromatic nitrogens is 3. The minimum Gasteiger partial charge on any atom is -0.340 e. The van der Waals surface area contributed by atoms with E-state index in [-0.39, 0.29) is 27.9 Å². The summed E-state index contributed by atoms with van der Waals surface area (Å²) in [5.74, 6) is -4.25. The highest BCUT2D eigenvalue weighted by Gasteiger charge is 2.34. The number of aryl methyl sites for hydroxylation is 1. The van der Waals surface area contributed by atoms with Crippen molar-refractivity contribution in [1.82, 2.24) is 20.0 Å². The lowest BCUT2D eigenvalue weighted by atomic mass is 10.1. The predicted octanol–water partition coefficient (Wildman–Crippen LogP) is 3.76. The van der Waals surface area contributed by atoms with Gasteiger partial charge in [0.05, 0.1) is 10.6 Å². The molecule has 0 radical (unpaired) electrons. The highest BCUT2D eigenvalue weighted by Crippen LogP contribution is 2.33. The SMILES string of the molecule is Cc1noc([C@H](C)NC(=O)C(=O)c2c(Cl)c(C(=O)Nc3ccc(F)c(F)c3)c3n2CCCC3)n1. The standard InChI is InChI=1S/C22H20ClF2N5O4/c1-10(22-27-11(2)29-34-22)26-21(33)19(31)18-17(23)16(15-5-3-4-8-30(15)18)20(32)28-12-6-7-13(24)14(25)9-12/h6-7,9-10H,3-5,8H2,1-2H3,(H,26,33)(H,28,32)/t10-/m0/s1. The molecule has 1 aliphatic heterocycles. The lowest BCUT2D eigenvalue weighted by Crippen LogP contribution is -2.35. The second-order valence-corrected chi connectivity index (χ2v) is 8.26. The number of carbonyl (C=O) groups excluding carboxylic acids is 3. The molecule has 0 unspecified atom stereocenters. The van der Waals surface area contributed by atoms with Gasteiger partial charge >= 0.3 is 0 Å². The third-order valence-corrected chi connectivity index (χ3v) is 5.81. The number of anilines is 1. The molecule has 12 heteroatoms. The average Bonchev–Trinajstić information content (AvgIpc) is 3.36. The fraction of sp³-hybridized carbons (Fsp3) is 0.318. The first-order valence-corrected chi connectivity index (χ1v) is 10.9. The molecular weight excluding hydrogens is 472 g/mol. The zero-order valence-electron chi connectivity index (χ0n) is 18.2. The van der Waals surface area contributed by atoms with Gasteiger partial charge in [0.1, 0.15) is 11.7 Å². The van der Waals surface area contributed by atoms with Gasteiger partial charge in [0.2, 0.25) is 5.89 Å². The van der Waals surface area contributed by atoms with Gasteiger partial charge in [-0.3, -0.25) is 14.4 Å². The number of rotatable bonds is 6. The lowest BCUT2D eigenvalue weighted by Gasteiger charge is -2.18. The van der Waals surface area contributed by atoms with Gasteiger partial charge in [-0.25, -0.2) is 8.78 Å². The molecule has 0 saturated heterocycles. The van der Waals surface area contributed by atoms with E-state index in [9.17, 15) is 23.2 Å². The smallest absolute Gasteiger partial charge is 0.294 e. The number of fused-ring (bicyclic) bond motifs is 1. The van der Waals surface area contributed by atoms with Gasteiger partial charge in [-0.2, -0.15) is 4.98 Å². The van der Waals surface area contributed by atoms with Gasteiger partial charge in [-0.1, -0.05) is 16.8 Å². The Bertz CT molecular complexity index is 1300. The molecule has 2 N–H and O–H groups in total. The second-order valence-electron chi connectivity index (χ2n) is 7.88. The summed E-state index contributed by atoms with van der Waals surface area (Å²) >= 11 is 6.48. The molecule has 2 amide bonds. The normalized spacial score (nSPS) is 13.8. The maximum atomic E-state index is 13.6. The summed E-state index contributed by atoms with van der Waals surface area (Å²) in [6.07, 6.45) is 1.92. The van der Waals surface area contributed by atoms with Gasteiger partial charge in [0.25, 0.3) is 17.6 Å².